The van der Waals surface area contributed by atoms with Crippen molar-refractivity contribution < 1.29 is 9.53 Å². The van der Waals surface area contributed by atoms with E-state index in [9.17, 15) is 4.79 Å². The van der Waals surface area contributed by atoms with E-state index in [1.165, 1.54) is 0 Å². The Morgan fingerprint density at radius 2 is 1.79 bits per heavy atom. The number of ether oxygens (including phenoxy) is 1. The van der Waals surface area contributed by atoms with Gasteiger partial charge in [-0.3, -0.25) is 4.79 Å². The summed E-state index contributed by atoms with van der Waals surface area (Å²) in [6.45, 7) is 5.85. The number of hydrogen-bond acceptors (Lipinski definition) is 3. The van der Waals surface area contributed by atoms with Crippen LogP contribution in [0.15, 0.2) is 103 Å². The molecule has 0 atom stereocenters. The van der Waals surface area contributed by atoms with Crippen molar-refractivity contribution in [3.63, 3.8) is 0 Å². The number of hydrogen-bond donors (Lipinski definition) is 1. The molecule has 0 saturated heterocycles. The molecule has 0 aliphatic carbocycles. The van der Waals surface area contributed by atoms with Crippen LogP contribution in [0.25, 0.3) is 16.9 Å². The van der Waals surface area contributed by atoms with E-state index in [4.69, 9.17) is 4.74 Å². The Labute approximate surface area is 200 Å². The maximum atomic E-state index is 12.6. The van der Waals surface area contributed by atoms with Crippen molar-refractivity contribution in [2.45, 2.75) is 13.3 Å². The van der Waals surface area contributed by atoms with Crippen LogP contribution in [0.4, 0.5) is 0 Å². The number of amides is 1. The van der Waals surface area contributed by atoms with Crippen molar-refractivity contribution in [1.82, 2.24) is 9.99 Å². The standard InChI is InChI=1S/C29H27N3O2/c1-4-8-25-19-22(12-18-28(25)34-3)20-30-31-29(33)24-13-15-26(16-14-24)32-21(2)11-17-27(32)23-9-6-5-7-10-23/h4-7,9-20H,1,8H2,2-3H3,(H,31,33)/b30-20+. The van der Waals surface area contributed by atoms with Crippen LogP contribution in [0, 0.1) is 6.92 Å². The lowest BCUT2D eigenvalue weighted by Crippen LogP contribution is -2.17. The van der Waals surface area contributed by atoms with Crippen molar-refractivity contribution in [2.24, 2.45) is 5.10 Å². The molecule has 3 aromatic carbocycles. The van der Waals surface area contributed by atoms with Gasteiger partial charge in [0.15, 0.2) is 0 Å². The lowest BCUT2D eigenvalue weighted by molar-refractivity contribution is 0.0955. The molecule has 34 heavy (non-hydrogen) atoms. The number of allylic oxidation sites excluding steroid dienone is 1. The van der Waals surface area contributed by atoms with Gasteiger partial charge in [-0.15, -0.1) is 6.58 Å². The monoisotopic (exact) mass is 449 g/mol. The molecule has 0 radical (unpaired) electrons. The van der Waals surface area contributed by atoms with E-state index >= 15 is 0 Å². The molecule has 0 unspecified atom stereocenters. The van der Waals surface area contributed by atoms with Crippen LogP contribution < -0.4 is 10.2 Å². The molecule has 0 aliphatic heterocycles. The third kappa shape index (κ3) is 4.99. The zero-order valence-corrected chi connectivity index (χ0v) is 19.4. The first kappa shape index (κ1) is 22.8. The second kappa shape index (κ2) is 10.5. The summed E-state index contributed by atoms with van der Waals surface area (Å²) in [5, 5.41) is 4.12. The summed E-state index contributed by atoms with van der Waals surface area (Å²) in [4.78, 5) is 12.6. The van der Waals surface area contributed by atoms with Crippen LogP contribution in [0.1, 0.15) is 27.2 Å². The molecule has 1 N–H and O–H groups in total. The summed E-state index contributed by atoms with van der Waals surface area (Å²) in [5.41, 5.74) is 9.38. The summed E-state index contributed by atoms with van der Waals surface area (Å²) in [6, 6.07) is 27.7. The Kier molecular flexibility index (Phi) is 7.04. The SMILES string of the molecule is C=CCc1cc(/C=N/NC(=O)c2ccc(-n3c(C)ccc3-c3ccccc3)cc2)ccc1OC. The number of nitrogens with zero attached hydrogens (tertiary/aromatic N) is 2. The molecule has 5 nitrogen and oxygen atoms in total. The number of carbonyl (C=O) groups excluding carboxylic acids is 1. The van der Waals surface area contributed by atoms with Crippen LogP contribution in [0.5, 0.6) is 5.75 Å². The van der Waals surface area contributed by atoms with E-state index in [-0.39, 0.29) is 5.91 Å². The number of aryl methyl sites for hydroxylation is 1. The van der Waals surface area contributed by atoms with Gasteiger partial charge in [-0.1, -0.05) is 36.4 Å². The van der Waals surface area contributed by atoms with Gasteiger partial charge in [-0.25, -0.2) is 5.43 Å². The van der Waals surface area contributed by atoms with Crippen molar-refractivity contribution in [3.8, 4) is 22.7 Å². The summed E-state index contributed by atoms with van der Waals surface area (Å²) in [7, 11) is 1.64. The normalized spacial score (nSPS) is 10.9. The number of carbonyl (C=O) groups is 1. The molecular weight excluding hydrogens is 422 g/mol. The average molecular weight is 450 g/mol. The van der Waals surface area contributed by atoms with E-state index < -0.39 is 0 Å². The molecule has 0 aliphatic rings. The molecule has 0 saturated carbocycles. The van der Waals surface area contributed by atoms with E-state index in [2.05, 4.69) is 52.9 Å². The highest BCUT2D eigenvalue weighted by atomic mass is 16.5. The van der Waals surface area contributed by atoms with Crippen molar-refractivity contribution >= 4 is 12.1 Å². The van der Waals surface area contributed by atoms with Gasteiger partial charge in [-0.2, -0.15) is 5.10 Å². The Morgan fingerprint density at radius 3 is 2.50 bits per heavy atom. The molecule has 5 heteroatoms. The largest absolute Gasteiger partial charge is 0.496 e. The van der Waals surface area contributed by atoms with E-state index in [1.807, 2.05) is 66.7 Å². The van der Waals surface area contributed by atoms with Gasteiger partial charge in [-0.05, 0) is 84.6 Å². The third-order valence-corrected chi connectivity index (χ3v) is 5.58. The Bertz CT molecular complexity index is 1320. The number of hydrazone groups is 1. The first-order chi connectivity index (χ1) is 16.6. The molecule has 1 amide bonds. The maximum absolute atomic E-state index is 12.6. The van der Waals surface area contributed by atoms with Crippen LogP contribution >= 0.6 is 0 Å². The fraction of sp³-hybridized carbons (Fsp3) is 0.103. The molecule has 4 aromatic rings. The lowest BCUT2D eigenvalue weighted by atomic mass is 10.1. The van der Waals surface area contributed by atoms with Gasteiger partial charge in [0.25, 0.3) is 5.91 Å². The van der Waals surface area contributed by atoms with Gasteiger partial charge in [0.1, 0.15) is 5.75 Å². The number of methoxy groups -OCH3 is 1. The van der Waals surface area contributed by atoms with E-state index in [1.54, 1.807) is 13.3 Å². The topological polar surface area (TPSA) is 55.6 Å². The van der Waals surface area contributed by atoms with Crippen molar-refractivity contribution in [1.29, 1.82) is 0 Å². The van der Waals surface area contributed by atoms with Crippen molar-refractivity contribution in [3.05, 3.63) is 120 Å². The summed E-state index contributed by atoms with van der Waals surface area (Å²) < 4.78 is 7.55. The predicted octanol–water partition coefficient (Wildman–Crippen LogP) is 5.95. The minimum absolute atomic E-state index is 0.268. The number of benzene rings is 3. The second-order valence-electron chi connectivity index (χ2n) is 7.87. The summed E-state index contributed by atoms with van der Waals surface area (Å²) in [5.74, 6) is 0.532. The second-order valence-corrected chi connectivity index (χ2v) is 7.87. The van der Waals surface area contributed by atoms with Gasteiger partial charge in [0, 0.05) is 16.9 Å². The molecule has 0 spiro atoms. The Hall–Kier alpha value is -4.38. The summed E-state index contributed by atoms with van der Waals surface area (Å²) >= 11 is 0. The van der Waals surface area contributed by atoms with Crippen LogP contribution in [-0.4, -0.2) is 23.8 Å². The fourth-order valence-corrected chi connectivity index (χ4v) is 3.90. The first-order valence-corrected chi connectivity index (χ1v) is 11.1. The van der Waals surface area contributed by atoms with Crippen LogP contribution in [-0.2, 0) is 6.42 Å². The molecule has 0 fully saturated rings. The van der Waals surface area contributed by atoms with Gasteiger partial charge < -0.3 is 9.30 Å². The third-order valence-electron chi connectivity index (χ3n) is 5.58. The minimum Gasteiger partial charge on any atom is -0.496 e. The number of aromatic nitrogens is 1. The average Bonchev–Trinajstić information content (AvgIpc) is 3.26. The van der Waals surface area contributed by atoms with Gasteiger partial charge in [0.2, 0.25) is 0 Å². The predicted molar refractivity (Wildman–Crippen MR) is 138 cm³/mol. The van der Waals surface area contributed by atoms with Crippen LogP contribution in [0.2, 0.25) is 0 Å². The molecule has 0 bridgehead atoms. The molecular formula is C29H27N3O2. The number of nitrogens with one attached hydrogen (secondary N) is 1. The quantitative estimate of drug-likeness (QED) is 0.205. The highest BCUT2D eigenvalue weighted by molar-refractivity contribution is 5.95. The molecule has 1 heterocycles. The Morgan fingerprint density at radius 1 is 1.03 bits per heavy atom. The van der Waals surface area contributed by atoms with Gasteiger partial charge >= 0.3 is 0 Å². The zero-order chi connectivity index (χ0) is 23.9. The molecule has 1 aromatic heterocycles. The smallest absolute Gasteiger partial charge is 0.271 e. The molecule has 170 valence electrons. The van der Waals surface area contributed by atoms with Crippen LogP contribution in [0.3, 0.4) is 0 Å². The maximum Gasteiger partial charge on any atom is 0.271 e. The highest BCUT2D eigenvalue weighted by Gasteiger charge is 2.11. The summed E-state index contributed by atoms with van der Waals surface area (Å²) in [6.07, 6.45) is 4.13. The Balaban J connectivity index is 1.47. The van der Waals surface area contributed by atoms with Gasteiger partial charge in [0.05, 0.1) is 19.0 Å². The first-order valence-electron chi connectivity index (χ1n) is 11.1. The van der Waals surface area contributed by atoms with Crippen molar-refractivity contribution in [2.75, 3.05) is 7.11 Å². The number of rotatable bonds is 8. The molecule has 4 rings (SSSR count). The van der Waals surface area contributed by atoms with E-state index in [0.29, 0.717) is 12.0 Å². The highest BCUT2D eigenvalue weighted by Crippen LogP contribution is 2.26. The lowest BCUT2D eigenvalue weighted by Gasteiger charge is -2.12. The van der Waals surface area contributed by atoms with E-state index in [0.717, 1.165) is 39.5 Å². The minimum atomic E-state index is -0.268. The fourth-order valence-electron chi connectivity index (χ4n) is 3.90. The zero-order valence-electron chi connectivity index (χ0n) is 19.4.